The fourth-order valence-electron chi connectivity index (χ4n) is 1.90. The molecule has 1 rings (SSSR count). The van der Waals surface area contributed by atoms with Gasteiger partial charge < -0.3 is 0 Å². The molecule has 0 aromatic carbocycles. The Labute approximate surface area is 112 Å². The summed E-state index contributed by atoms with van der Waals surface area (Å²) >= 11 is 3.60. The second-order valence-electron chi connectivity index (χ2n) is 5.24. The van der Waals surface area contributed by atoms with E-state index in [0.717, 1.165) is 23.0 Å². The number of hydrogen-bond acceptors (Lipinski definition) is 3. The van der Waals surface area contributed by atoms with Crippen LogP contribution in [-0.4, -0.2) is 15.8 Å². The van der Waals surface area contributed by atoms with Gasteiger partial charge in [0.15, 0.2) is 0 Å². The van der Waals surface area contributed by atoms with E-state index in [1.165, 1.54) is 5.69 Å². The van der Waals surface area contributed by atoms with Crippen molar-refractivity contribution in [3.8, 4) is 0 Å². The highest BCUT2D eigenvalue weighted by molar-refractivity contribution is 9.10. The Morgan fingerprint density at radius 3 is 2.47 bits per heavy atom. The molecule has 0 saturated heterocycles. The van der Waals surface area contributed by atoms with Gasteiger partial charge in [-0.3, -0.25) is 16.0 Å². The molecule has 0 aliphatic rings. The largest absolute Gasteiger partial charge is 0.271 e. The fraction of sp³-hybridized carbons (Fsp3) is 0.750. The predicted molar refractivity (Wildman–Crippen MR) is 74.5 cm³/mol. The van der Waals surface area contributed by atoms with Gasteiger partial charge in [0.2, 0.25) is 0 Å². The van der Waals surface area contributed by atoms with Crippen molar-refractivity contribution < 1.29 is 0 Å². The van der Waals surface area contributed by atoms with Crippen LogP contribution in [0.3, 0.4) is 0 Å². The van der Waals surface area contributed by atoms with Gasteiger partial charge in [0, 0.05) is 19.5 Å². The molecule has 1 heterocycles. The molecule has 0 amide bonds. The van der Waals surface area contributed by atoms with Crippen molar-refractivity contribution in [2.75, 3.05) is 0 Å². The SMILES string of the molecule is CCC(C)(C)C(Cc1c(Br)c(C)nn1C)NN. The van der Waals surface area contributed by atoms with Crippen molar-refractivity contribution >= 4 is 15.9 Å². The summed E-state index contributed by atoms with van der Waals surface area (Å²) in [7, 11) is 1.97. The van der Waals surface area contributed by atoms with E-state index in [2.05, 4.69) is 47.2 Å². The standard InChI is InChI=1S/C12H23BrN4/c1-6-12(3,4)10(15-14)7-9-11(13)8(2)16-17(9)5/h10,15H,6-7,14H2,1-5H3. The summed E-state index contributed by atoms with van der Waals surface area (Å²) in [6.07, 6.45) is 1.95. The zero-order chi connectivity index (χ0) is 13.2. The van der Waals surface area contributed by atoms with E-state index in [4.69, 9.17) is 5.84 Å². The number of nitrogens with two attached hydrogens (primary N) is 1. The summed E-state index contributed by atoms with van der Waals surface area (Å²) in [4.78, 5) is 0. The first kappa shape index (κ1) is 14.7. The maximum absolute atomic E-state index is 5.69. The third kappa shape index (κ3) is 3.09. The molecule has 1 aromatic rings. The molecule has 0 bridgehead atoms. The summed E-state index contributed by atoms with van der Waals surface area (Å²) in [5.74, 6) is 5.69. The molecule has 98 valence electrons. The first-order valence-electron chi connectivity index (χ1n) is 5.97. The lowest BCUT2D eigenvalue weighted by molar-refractivity contribution is 0.229. The second kappa shape index (κ2) is 5.50. The lowest BCUT2D eigenvalue weighted by Gasteiger charge is -2.33. The van der Waals surface area contributed by atoms with Gasteiger partial charge in [-0.05, 0) is 34.7 Å². The van der Waals surface area contributed by atoms with E-state index in [9.17, 15) is 0 Å². The Morgan fingerprint density at radius 1 is 1.53 bits per heavy atom. The minimum atomic E-state index is 0.159. The van der Waals surface area contributed by atoms with Crippen LogP contribution in [0.4, 0.5) is 0 Å². The van der Waals surface area contributed by atoms with Crippen LogP contribution in [0.1, 0.15) is 38.6 Å². The Bertz CT molecular complexity index is 384. The first-order chi connectivity index (χ1) is 7.83. The number of hydrazine groups is 1. The molecule has 1 aromatic heterocycles. The molecule has 0 aliphatic heterocycles. The minimum Gasteiger partial charge on any atom is -0.271 e. The van der Waals surface area contributed by atoms with E-state index in [-0.39, 0.29) is 11.5 Å². The van der Waals surface area contributed by atoms with E-state index >= 15 is 0 Å². The van der Waals surface area contributed by atoms with Crippen molar-refractivity contribution in [3.05, 3.63) is 15.9 Å². The van der Waals surface area contributed by atoms with Gasteiger partial charge in [-0.25, -0.2) is 0 Å². The van der Waals surface area contributed by atoms with Crippen LogP contribution in [0.25, 0.3) is 0 Å². The normalized spacial score (nSPS) is 14.1. The smallest absolute Gasteiger partial charge is 0.0738 e. The van der Waals surface area contributed by atoms with Crippen LogP contribution in [0.5, 0.6) is 0 Å². The van der Waals surface area contributed by atoms with Gasteiger partial charge in [-0.15, -0.1) is 0 Å². The lowest BCUT2D eigenvalue weighted by atomic mass is 9.80. The third-order valence-electron chi connectivity index (χ3n) is 3.71. The van der Waals surface area contributed by atoms with Crippen LogP contribution in [0.2, 0.25) is 0 Å². The topological polar surface area (TPSA) is 55.9 Å². The van der Waals surface area contributed by atoms with E-state index in [1.807, 2.05) is 18.7 Å². The molecule has 17 heavy (non-hydrogen) atoms. The Morgan fingerprint density at radius 2 is 2.12 bits per heavy atom. The molecule has 0 spiro atoms. The highest BCUT2D eigenvalue weighted by Gasteiger charge is 2.28. The molecule has 1 unspecified atom stereocenters. The molecular weight excluding hydrogens is 280 g/mol. The van der Waals surface area contributed by atoms with Crippen LogP contribution in [-0.2, 0) is 13.5 Å². The average molecular weight is 303 g/mol. The first-order valence-corrected chi connectivity index (χ1v) is 6.76. The molecule has 0 fully saturated rings. The molecule has 5 heteroatoms. The third-order valence-corrected chi connectivity index (χ3v) is 4.75. The fourth-order valence-corrected chi connectivity index (χ4v) is 2.40. The average Bonchev–Trinajstić information content (AvgIpc) is 2.51. The molecule has 4 nitrogen and oxygen atoms in total. The van der Waals surface area contributed by atoms with Crippen molar-refractivity contribution in [2.24, 2.45) is 18.3 Å². The number of nitrogens with one attached hydrogen (secondary N) is 1. The number of aromatic nitrogens is 2. The van der Waals surface area contributed by atoms with Crippen molar-refractivity contribution in [1.29, 1.82) is 0 Å². The van der Waals surface area contributed by atoms with Gasteiger partial charge in [-0.1, -0.05) is 20.8 Å². The molecule has 0 aliphatic carbocycles. The van der Waals surface area contributed by atoms with Crippen molar-refractivity contribution in [3.63, 3.8) is 0 Å². The zero-order valence-corrected chi connectivity index (χ0v) is 12.9. The van der Waals surface area contributed by atoms with Gasteiger partial charge in [-0.2, -0.15) is 5.10 Å². The lowest BCUT2D eigenvalue weighted by Crippen LogP contribution is -2.47. The minimum absolute atomic E-state index is 0.159. The Kier molecular flexibility index (Phi) is 4.75. The molecule has 1 atom stereocenters. The van der Waals surface area contributed by atoms with E-state index in [0.29, 0.717) is 0 Å². The van der Waals surface area contributed by atoms with Gasteiger partial charge >= 0.3 is 0 Å². The number of aryl methyl sites for hydroxylation is 2. The second-order valence-corrected chi connectivity index (χ2v) is 6.03. The van der Waals surface area contributed by atoms with Crippen LogP contribution in [0, 0.1) is 12.3 Å². The van der Waals surface area contributed by atoms with Gasteiger partial charge in [0.05, 0.1) is 15.9 Å². The van der Waals surface area contributed by atoms with E-state index in [1.54, 1.807) is 0 Å². The van der Waals surface area contributed by atoms with E-state index < -0.39 is 0 Å². The van der Waals surface area contributed by atoms with Crippen LogP contribution >= 0.6 is 15.9 Å². The maximum atomic E-state index is 5.69. The summed E-state index contributed by atoms with van der Waals surface area (Å²) in [6.45, 7) is 8.65. The van der Waals surface area contributed by atoms with Gasteiger partial charge in [0.25, 0.3) is 0 Å². The molecule has 3 N–H and O–H groups in total. The zero-order valence-electron chi connectivity index (χ0n) is 11.3. The Hall–Kier alpha value is -0.390. The maximum Gasteiger partial charge on any atom is 0.0738 e. The van der Waals surface area contributed by atoms with Crippen molar-refractivity contribution in [1.82, 2.24) is 15.2 Å². The summed E-state index contributed by atoms with van der Waals surface area (Å²) in [5.41, 5.74) is 5.31. The van der Waals surface area contributed by atoms with Crippen LogP contribution in [0.15, 0.2) is 4.47 Å². The summed E-state index contributed by atoms with van der Waals surface area (Å²) in [6, 6.07) is 0.235. The van der Waals surface area contributed by atoms with Gasteiger partial charge in [0.1, 0.15) is 0 Å². The van der Waals surface area contributed by atoms with Crippen molar-refractivity contribution in [2.45, 2.75) is 46.6 Å². The monoisotopic (exact) mass is 302 g/mol. The number of rotatable bonds is 5. The predicted octanol–water partition coefficient (Wildman–Crippen LogP) is 2.30. The van der Waals surface area contributed by atoms with Crippen LogP contribution < -0.4 is 11.3 Å². The molecular formula is C12H23BrN4. The molecule has 0 radical (unpaired) electrons. The number of halogens is 1. The number of nitrogens with zero attached hydrogens (tertiary/aromatic N) is 2. The number of hydrogen-bond donors (Lipinski definition) is 2. The highest BCUT2D eigenvalue weighted by Crippen LogP contribution is 2.29. The Balaban J connectivity index is 2.96. The summed E-state index contributed by atoms with van der Waals surface area (Å²) < 4.78 is 3.02. The quantitative estimate of drug-likeness (QED) is 0.648. The molecule has 0 saturated carbocycles. The highest BCUT2D eigenvalue weighted by atomic mass is 79.9. The summed E-state index contributed by atoms with van der Waals surface area (Å²) in [5, 5.41) is 4.41.